The highest BCUT2D eigenvalue weighted by Crippen LogP contribution is 2.21. The van der Waals surface area contributed by atoms with Crippen LogP contribution in [-0.4, -0.2) is 86.6 Å². The van der Waals surface area contributed by atoms with Crippen LogP contribution in [0.4, 0.5) is 0 Å². The summed E-state index contributed by atoms with van der Waals surface area (Å²) < 4.78 is 0. The van der Waals surface area contributed by atoms with Crippen LogP contribution in [0.1, 0.15) is 38.2 Å². The van der Waals surface area contributed by atoms with Gasteiger partial charge in [0.15, 0.2) is 6.04 Å². The van der Waals surface area contributed by atoms with Crippen LogP contribution in [0.2, 0.25) is 0 Å². The number of phenols is 1. The lowest BCUT2D eigenvalue weighted by Gasteiger charge is -2.30. The van der Waals surface area contributed by atoms with Gasteiger partial charge in [-0.05, 0) is 43.9 Å². The van der Waals surface area contributed by atoms with Crippen LogP contribution in [0.5, 0.6) is 5.75 Å². The zero-order chi connectivity index (χ0) is 27.0. The Balaban J connectivity index is 2.22. The quantitative estimate of drug-likeness (QED) is 0.165. The van der Waals surface area contributed by atoms with E-state index in [9.17, 15) is 39.3 Å². The number of hydrogen-bond acceptors (Lipinski definition) is 8. The number of nitrogens with one attached hydrogen (secondary N) is 2. The average Bonchev–Trinajstić information content (AvgIpc) is 3.30. The van der Waals surface area contributed by atoms with Crippen molar-refractivity contribution in [3.8, 4) is 5.75 Å². The largest absolute Gasteiger partial charge is 0.508 e. The number of carbonyl (C=O) groups excluding carboxylic acids is 4. The molecule has 0 radical (unpaired) electrons. The molecular formula is C23H33N5O8. The monoisotopic (exact) mass is 507 g/mol. The second-order valence-electron chi connectivity index (χ2n) is 8.80. The second-order valence-corrected chi connectivity index (χ2v) is 8.80. The van der Waals surface area contributed by atoms with E-state index in [-0.39, 0.29) is 38.0 Å². The number of phenolic OH excluding ortho intramolecular Hbond substituents is 1. The van der Waals surface area contributed by atoms with Crippen LogP contribution in [0.15, 0.2) is 24.3 Å². The number of nitrogens with two attached hydrogens (primary N) is 2. The molecule has 0 bridgehead atoms. The summed E-state index contributed by atoms with van der Waals surface area (Å²) in [5.41, 5.74) is 11.6. The van der Waals surface area contributed by atoms with E-state index < -0.39 is 59.9 Å². The molecule has 5 atom stereocenters. The smallest absolute Gasteiger partial charge is 0.328 e. The zero-order valence-electron chi connectivity index (χ0n) is 19.9. The molecule has 2 rings (SSSR count). The number of rotatable bonds is 12. The lowest BCUT2D eigenvalue weighted by atomic mass is 10.0. The van der Waals surface area contributed by atoms with Crippen molar-refractivity contribution in [3.63, 3.8) is 0 Å². The highest BCUT2D eigenvalue weighted by molar-refractivity contribution is 5.94. The third-order valence-electron chi connectivity index (χ3n) is 5.91. The molecule has 13 heteroatoms. The van der Waals surface area contributed by atoms with Gasteiger partial charge in [0.2, 0.25) is 23.6 Å². The first-order valence-electron chi connectivity index (χ1n) is 11.5. The molecule has 5 unspecified atom stereocenters. The minimum absolute atomic E-state index is 0.0153. The number of aliphatic hydroxyl groups is 1. The number of aliphatic hydroxyl groups excluding tert-OH is 1. The Morgan fingerprint density at radius 2 is 1.78 bits per heavy atom. The van der Waals surface area contributed by atoms with E-state index in [1.807, 2.05) is 0 Å². The molecule has 0 aromatic heterocycles. The summed E-state index contributed by atoms with van der Waals surface area (Å²) in [6, 6.07) is 1.20. The van der Waals surface area contributed by atoms with Gasteiger partial charge in [-0.1, -0.05) is 12.1 Å². The molecule has 0 saturated carbocycles. The third-order valence-corrected chi connectivity index (χ3v) is 5.91. The topological polar surface area (TPSA) is 225 Å². The number of aliphatic carboxylic acids is 1. The Morgan fingerprint density at radius 3 is 2.33 bits per heavy atom. The van der Waals surface area contributed by atoms with Crippen LogP contribution >= 0.6 is 0 Å². The van der Waals surface area contributed by atoms with Crippen molar-refractivity contribution in [1.29, 1.82) is 0 Å². The number of hydrogen-bond donors (Lipinski definition) is 7. The second kappa shape index (κ2) is 12.8. The molecule has 13 nitrogen and oxygen atoms in total. The molecule has 1 fully saturated rings. The number of carboxylic acids is 1. The summed E-state index contributed by atoms with van der Waals surface area (Å²) in [6.07, 6.45) is -0.750. The van der Waals surface area contributed by atoms with Gasteiger partial charge < -0.3 is 42.3 Å². The van der Waals surface area contributed by atoms with Crippen molar-refractivity contribution >= 4 is 29.6 Å². The van der Waals surface area contributed by atoms with Crippen molar-refractivity contribution in [2.45, 2.75) is 69.3 Å². The number of primary amides is 1. The Hall–Kier alpha value is -3.71. The molecule has 1 aliphatic heterocycles. The van der Waals surface area contributed by atoms with Crippen LogP contribution in [0.25, 0.3) is 0 Å². The lowest BCUT2D eigenvalue weighted by Crippen LogP contribution is -2.58. The summed E-state index contributed by atoms with van der Waals surface area (Å²) in [4.78, 5) is 62.6. The minimum Gasteiger partial charge on any atom is -0.508 e. The number of benzene rings is 1. The summed E-state index contributed by atoms with van der Waals surface area (Å²) >= 11 is 0. The number of likely N-dealkylation sites (tertiary alicyclic amines) is 1. The number of nitrogens with zero attached hydrogens (tertiary/aromatic N) is 1. The zero-order valence-corrected chi connectivity index (χ0v) is 19.9. The van der Waals surface area contributed by atoms with Crippen molar-refractivity contribution in [2.75, 3.05) is 6.54 Å². The molecule has 1 aromatic carbocycles. The normalized spacial score (nSPS) is 18.5. The molecule has 4 amide bonds. The fourth-order valence-electron chi connectivity index (χ4n) is 3.92. The lowest BCUT2D eigenvalue weighted by molar-refractivity contribution is -0.147. The number of carbonyl (C=O) groups is 5. The highest BCUT2D eigenvalue weighted by atomic mass is 16.4. The Labute approximate surface area is 207 Å². The predicted molar refractivity (Wildman–Crippen MR) is 126 cm³/mol. The Bertz CT molecular complexity index is 968. The van der Waals surface area contributed by atoms with Crippen molar-refractivity contribution in [3.05, 3.63) is 29.8 Å². The van der Waals surface area contributed by atoms with Gasteiger partial charge in [0.1, 0.15) is 17.8 Å². The van der Waals surface area contributed by atoms with Gasteiger partial charge in [0.25, 0.3) is 0 Å². The van der Waals surface area contributed by atoms with E-state index in [1.54, 1.807) is 12.1 Å². The van der Waals surface area contributed by atoms with Gasteiger partial charge in [-0.15, -0.1) is 0 Å². The first-order valence-corrected chi connectivity index (χ1v) is 11.5. The SMILES string of the molecule is CC(O)C(NC(=O)C1CCCN1C(=O)C(Cc1ccc(O)cc1)NC(=O)C(N)CCC(N)=O)C(=O)O. The predicted octanol–water partition coefficient (Wildman–Crippen LogP) is -2.05. The summed E-state index contributed by atoms with van der Waals surface area (Å²) in [6.45, 7) is 1.42. The van der Waals surface area contributed by atoms with E-state index >= 15 is 0 Å². The maximum absolute atomic E-state index is 13.5. The standard InChI is InChI=1S/C23H33N5O8/c1-12(29)19(23(35)36)27-21(33)17-3-2-10-28(17)22(34)16(11-13-4-6-14(30)7-5-13)26-20(32)15(24)8-9-18(25)31/h4-7,12,15-17,19,29-30H,2-3,8-11,24H2,1H3,(H2,25,31)(H,26,32)(H,27,33)(H,35,36). The maximum atomic E-state index is 13.5. The van der Waals surface area contributed by atoms with E-state index in [0.29, 0.717) is 12.0 Å². The summed E-state index contributed by atoms with van der Waals surface area (Å²) in [5, 5.41) is 33.3. The molecule has 1 saturated heterocycles. The Morgan fingerprint density at radius 1 is 1.14 bits per heavy atom. The van der Waals surface area contributed by atoms with E-state index in [2.05, 4.69) is 10.6 Å². The first kappa shape index (κ1) is 28.5. The molecular weight excluding hydrogens is 474 g/mol. The fraction of sp³-hybridized carbons (Fsp3) is 0.522. The summed E-state index contributed by atoms with van der Waals surface area (Å²) in [7, 11) is 0. The minimum atomic E-state index is -1.55. The number of amides is 4. The molecule has 0 spiro atoms. The molecule has 1 aliphatic rings. The molecule has 0 aliphatic carbocycles. The van der Waals surface area contributed by atoms with Gasteiger partial charge in [-0.2, -0.15) is 0 Å². The third kappa shape index (κ3) is 7.92. The number of aromatic hydroxyl groups is 1. The first-order chi connectivity index (χ1) is 16.9. The van der Waals surface area contributed by atoms with Gasteiger partial charge in [-0.25, -0.2) is 4.79 Å². The van der Waals surface area contributed by atoms with Crippen molar-refractivity contribution < 1.29 is 39.3 Å². The van der Waals surface area contributed by atoms with E-state index in [0.717, 1.165) is 0 Å². The van der Waals surface area contributed by atoms with Crippen LogP contribution in [0.3, 0.4) is 0 Å². The number of carboxylic acid groups (broad SMARTS) is 1. The van der Waals surface area contributed by atoms with E-state index in [1.165, 1.54) is 24.0 Å². The summed E-state index contributed by atoms with van der Waals surface area (Å²) in [5.74, 6) is -4.04. The van der Waals surface area contributed by atoms with Crippen molar-refractivity contribution in [1.82, 2.24) is 15.5 Å². The van der Waals surface area contributed by atoms with Gasteiger partial charge in [0.05, 0.1) is 12.1 Å². The molecule has 36 heavy (non-hydrogen) atoms. The molecule has 1 heterocycles. The molecule has 9 N–H and O–H groups in total. The van der Waals surface area contributed by atoms with Gasteiger partial charge in [0, 0.05) is 19.4 Å². The van der Waals surface area contributed by atoms with Gasteiger partial charge >= 0.3 is 5.97 Å². The average molecular weight is 508 g/mol. The highest BCUT2D eigenvalue weighted by Gasteiger charge is 2.39. The van der Waals surface area contributed by atoms with Crippen LogP contribution in [-0.2, 0) is 30.4 Å². The van der Waals surface area contributed by atoms with Crippen LogP contribution in [0, 0.1) is 0 Å². The Kier molecular flexibility index (Phi) is 10.2. The fourth-order valence-corrected chi connectivity index (χ4v) is 3.92. The van der Waals surface area contributed by atoms with Crippen molar-refractivity contribution in [2.24, 2.45) is 11.5 Å². The van der Waals surface area contributed by atoms with Crippen LogP contribution < -0.4 is 22.1 Å². The maximum Gasteiger partial charge on any atom is 0.328 e. The molecule has 198 valence electrons. The molecule has 1 aromatic rings. The van der Waals surface area contributed by atoms with E-state index in [4.69, 9.17) is 11.5 Å². The van der Waals surface area contributed by atoms with Gasteiger partial charge in [-0.3, -0.25) is 19.2 Å².